The van der Waals surface area contributed by atoms with Crippen molar-refractivity contribution in [3.05, 3.63) is 0 Å². The molecule has 0 saturated heterocycles. The topological polar surface area (TPSA) is 29.3 Å². The zero-order chi connectivity index (χ0) is 12.0. The summed E-state index contributed by atoms with van der Waals surface area (Å²) >= 11 is 0. The first-order valence-corrected chi connectivity index (χ1v) is 6.95. The molecule has 1 saturated carbocycles. The van der Waals surface area contributed by atoms with Gasteiger partial charge in [0.1, 0.15) is 0 Å². The summed E-state index contributed by atoms with van der Waals surface area (Å²) in [4.78, 5) is 2.48. The third-order valence-electron chi connectivity index (χ3n) is 3.75. The minimum atomic E-state index is 0.00624. The standard InChI is InChI=1S/C14H30N2/c1-14(2,15)10-6-11-16(3)12-9-13-7-4-5-8-13/h13H,4-12,15H2,1-3H3. The van der Waals surface area contributed by atoms with Gasteiger partial charge in [-0.1, -0.05) is 25.7 Å². The van der Waals surface area contributed by atoms with Crippen molar-refractivity contribution in [3.63, 3.8) is 0 Å². The Balaban J connectivity index is 2.00. The van der Waals surface area contributed by atoms with Crippen LogP contribution in [0.15, 0.2) is 0 Å². The van der Waals surface area contributed by atoms with Gasteiger partial charge in [0, 0.05) is 5.54 Å². The van der Waals surface area contributed by atoms with Crippen LogP contribution >= 0.6 is 0 Å². The van der Waals surface area contributed by atoms with E-state index in [-0.39, 0.29) is 5.54 Å². The molecule has 0 aromatic heterocycles. The summed E-state index contributed by atoms with van der Waals surface area (Å²) in [7, 11) is 2.25. The maximum absolute atomic E-state index is 5.98. The van der Waals surface area contributed by atoms with Gasteiger partial charge < -0.3 is 10.6 Å². The lowest BCUT2D eigenvalue weighted by atomic mass is 10.00. The molecule has 1 fully saturated rings. The van der Waals surface area contributed by atoms with E-state index < -0.39 is 0 Å². The van der Waals surface area contributed by atoms with Crippen LogP contribution in [-0.4, -0.2) is 30.6 Å². The van der Waals surface area contributed by atoms with Gasteiger partial charge in [-0.15, -0.1) is 0 Å². The van der Waals surface area contributed by atoms with Crippen molar-refractivity contribution in [2.24, 2.45) is 11.7 Å². The average molecular weight is 226 g/mol. The number of rotatable bonds is 7. The second-order valence-electron chi connectivity index (χ2n) is 6.33. The Morgan fingerprint density at radius 2 is 1.81 bits per heavy atom. The molecule has 16 heavy (non-hydrogen) atoms. The molecule has 0 aromatic rings. The third-order valence-corrected chi connectivity index (χ3v) is 3.75. The molecule has 0 amide bonds. The molecule has 0 bridgehead atoms. The van der Waals surface area contributed by atoms with Crippen LogP contribution in [-0.2, 0) is 0 Å². The van der Waals surface area contributed by atoms with E-state index in [1.54, 1.807) is 0 Å². The molecule has 2 heteroatoms. The van der Waals surface area contributed by atoms with Crippen LogP contribution in [0.5, 0.6) is 0 Å². The Kier molecular flexibility index (Phi) is 5.77. The number of hydrogen-bond donors (Lipinski definition) is 1. The molecule has 96 valence electrons. The summed E-state index contributed by atoms with van der Waals surface area (Å²) in [6.45, 7) is 6.71. The van der Waals surface area contributed by atoms with Gasteiger partial charge in [0.2, 0.25) is 0 Å². The second-order valence-corrected chi connectivity index (χ2v) is 6.33. The smallest absolute Gasteiger partial charge is 0.00975 e. The van der Waals surface area contributed by atoms with E-state index in [0.717, 1.165) is 12.3 Å². The van der Waals surface area contributed by atoms with E-state index in [0.29, 0.717) is 0 Å². The quantitative estimate of drug-likeness (QED) is 0.723. The molecule has 0 unspecified atom stereocenters. The van der Waals surface area contributed by atoms with Gasteiger partial charge in [0.25, 0.3) is 0 Å². The highest BCUT2D eigenvalue weighted by Gasteiger charge is 2.15. The summed E-state index contributed by atoms with van der Waals surface area (Å²) in [5.41, 5.74) is 5.98. The Hall–Kier alpha value is -0.0800. The van der Waals surface area contributed by atoms with Crippen molar-refractivity contribution in [2.75, 3.05) is 20.1 Å². The summed E-state index contributed by atoms with van der Waals surface area (Å²) in [6.07, 6.45) is 9.65. The van der Waals surface area contributed by atoms with Crippen molar-refractivity contribution >= 4 is 0 Å². The predicted octanol–water partition coefficient (Wildman–Crippen LogP) is 3.02. The lowest BCUT2D eigenvalue weighted by Crippen LogP contribution is -2.33. The molecule has 1 rings (SSSR count). The number of nitrogens with zero attached hydrogens (tertiary/aromatic N) is 1. The van der Waals surface area contributed by atoms with E-state index in [2.05, 4.69) is 25.8 Å². The van der Waals surface area contributed by atoms with Crippen LogP contribution in [0.3, 0.4) is 0 Å². The molecule has 0 spiro atoms. The number of nitrogens with two attached hydrogens (primary N) is 1. The molecule has 0 atom stereocenters. The van der Waals surface area contributed by atoms with Gasteiger partial charge in [0.15, 0.2) is 0 Å². The van der Waals surface area contributed by atoms with E-state index >= 15 is 0 Å². The van der Waals surface area contributed by atoms with Crippen molar-refractivity contribution in [3.8, 4) is 0 Å². The highest BCUT2D eigenvalue weighted by atomic mass is 15.1. The van der Waals surface area contributed by atoms with Gasteiger partial charge in [-0.05, 0) is 59.2 Å². The molecule has 1 aliphatic rings. The summed E-state index contributed by atoms with van der Waals surface area (Å²) in [6, 6.07) is 0. The highest BCUT2D eigenvalue weighted by Crippen LogP contribution is 2.27. The van der Waals surface area contributed by atoms with Crippen LogP contribution in [0, 0.1) is 5.92 Å². The van der Waals surface area contributed by atoms with Crippen LogP contribution in [0.1, 0.15) is 58.8 Å². The van der Waals surface area contributed by atoms with Crippen LogP contribution < -0.4 is 5.73 Å². The first-order valence-electron chi connectivity index (χ1n) is 6.95. The molecule has 2 nitrogen and oxygen atoms in total. The minimum absolute atomic E-state index is 0.00624. The monoisotopic (exact) mass is 226 g/mol. The fourth-order valence-electron chi connectivity index (χ4n) is 2.62. The van der Waals surface area contributed by atoms with E-state index in [1.807, 2.05) is 0 Å². The zero-order valence-corrected chi connectivity index (χ0v) is 11.5. The van der Waals surface area contributed by atoms with Gasteiger partial charge >= 0.3 is 0 Å². The Morgan fingerprint density at radius 1 is 1.19 bits per heavy atom. The average Bonchev–Trinajstić information content (AvgIpc) is 2.65. The van der Waals surface area contributed by atoms with Gasteiger partial charge in [0.05, 0.1) is 0 Å². The second kappa shape index (κ2) is 6.61. The van der Waals surface area contributed by atoms with Gasteiger partial charge in [-0.2, -0.15) is 0 Å². The summed E-state index contributed by atoms with van der Waals surface area (Å²) in [5.74, 6) is 1.02. The highest BCUT2D eigenvalue weighted by molar-refractivity contribution is 4.72. The molecule has 1 aliphatic carbocycles. The van der Waals surface area contributed by atoms with Crippen LogP contribution in [0.2, 0.25) is 0 Å². The van der Waals surface area contributed by atoms with Crippen LogP contribution in [0.25, 0.3) is 0 Å². The molecular weight excluding hydrogens is 196 g/mol. The number of hydrogen-bond acceptors (Lipinski definition) is 2. The van der Waals surface area contributed by atoms with Crippen molar-refractivity contribution in [1.29, 1.82) is 0 Å². The summed E-state index contributed by atoms with van der Waals surface area (Å²) < 4.78 is 0. The third kappa shape index (κ3) is 6.49. The normalized spacial score (nSPS) is 18.6. The van der Waals surface area contributed by atoms with E-state index in [9.17, 15) is 0 Å². The molecule has 0 aliphatic heterocycles. The predicted molar refractivity (Wildman–Crippen MR) is 71.6 cm³/mol. The SMILES string of the molecule is CN(CCCC(C)(C)N)CCC1CCCC1. The van der Waals surface area contributed by atoms with Gasteiger partial charge in [-0.25, -0.2) is 0 Å². The Labute approximate surface area is 102 Å². The van der Waals surface area contributed by atoms with Crippen molar-refractivity contribution < 1.29 is 0 Å². The largest absolute Gasteiger partial charge is 0.326 e. The zero-order valence-electron chi connectivity index (χ0n) is 11.5. The lowest BCUT2D eigenvalue weighted by molar-refractivity contribution is 0.284. The Morgan fingerprint density at radius 3 is 2.38 bits per heavy atom. The first kappa shape index (κ1) is 14.0. The lowest BCUT2D eigenvalue weighted by Gasteiger charge is -2.22. The minimum Gasteiger partial charge on any atom is -0.326 e. The Bertz CT molecular complexity index is 178. The maximum Gasteiger partial charge on any atom is 0.00975 e. The first-order chi connectivity index (χ1) is 7.47. The van der Waals surface area contributed by atoms with E-state index in [4.69, 9.17) is 5.73 Å². The molecular formula is C14H30N2. The van der Waals surface area contributed by atoms with Gasteiger partial charge in [-0.3, -0.25) is 0 Å². The molecule has 2 N–H and O–H groups in total. The van der Waals surface area contributed by atoms with Crippen molar-refractivity contribution in [1.82, 2.24) is 4.90 Å². The fraction of sp³-hybridized carbons (Fsp3) is 1.00. The molecule has 0 heterocycles. The van der Waals surface area contributed by atoms with E-state index in [1.165, 1.54) is 51.6 Å². The summed E-state index contributed by atoms with van der Waals surface area (Å²) in [5, 5.41) is 0. The van der Waals surface area contributed by atoms with Crippen molar-refractivity contribution in [2.45, 2.75) is 64.3 Å². The maximum atomic E-state index is 5.98. The molecule has 0 aromatic carbocycles. The fourth-order valence-corrected chi connectivity index (χ4v) is 2.62. The van der Waals surface area contributed by atoms with Crippen LogP contribution in [0.4, 0.5) is 0 Å². The molecule has 0 radical (unpaired) electrons.